The third kappa shape index (κ3) is 3.10. The highest BCUT2D eigenvalue weighted by molar-refractivity contribution is 6.07. The van der Waals surface area contributed by atoms with Gasteiger partial charge in [0.05, 0.1) is 23.2 Å². The number of aromatic amines is 1. The van der Waals surface area contributed by atoms with Crippen LogP contribution >= 0.6 is 0 Å². The van der Waals surface area contributed by atoms with E-state index >= 15 is 0 Å². The van der Waals surface area contributed by atoms with E-state index in [1.165, 1.54) is 18.5 Å². The van der Waals surface area contributed by atoms with E-state index in [2.05, 4.69) is 29.9 Å². The van der Waals surface area contributed by atoms with E-state index < -0.39 is 0 Å². The van der Waals surface area contributed by atoms with E-state index in [1.807, 2.05) is 31.2 Å². The predicted octanol–water partition coefficient (Wildman–Crippen LogP) is 4.24. The van der Waals surface area contributed by atoms with Crippen LogP contribution in [0.2, 0.25) is 0 Å². The standard InChI is InChI=1S/C21H14FN7/c1-12(28-21-19-20(25-10-24-19)26-11-27-21)15-8-13-5-6-14(22)9-17(13)29-18(15)16-4-2-3-7-23-16/h2-11H,1H3,(H,24,25,26,27). The van der Waals surface area contributed by atoms with Crippen molar-refractivity contribution < 1.29 is 4.39 Å². The Kier molecular flexibility index (Phi) is 4.02. The number of hydrogen-bond acceptors (Lipinski definition) is 6. The minimum atomic E-state index is -0.335. The van der Waals surface area contributed by atoms with Gasteiger partial charge in [-0.3, -0.25) is 4.98 Å². The quantitative estimate of drug-likeness (QED) is 0.470. The Morgan fingerprint density at radius 1 is 1.03 bits per heavy atom. The average Bonchev–Trinajstić information content (AvgIpc) is 3.23. The first-order valence-electron chi connectivity index (χ1n) is 8.90. The molecule has 140 valence electrons. The molecule has 1 aromatic carbocycles. The highest BCUT2D eigenvalue weighted by Gasteiger charge is 2.14. The second-order valence-corrected chi connectivity index (χ2v) is 6.43. The summed E-state index contributed by atoms with van der Waals surface area (Å²) in [5, 5.41) is 0.810. The Labute approximate surface area is 164 Å². The smallest absolute Gasteiger partial charge is 0.182 e. The van der Waals surface area contributed by atoms with Gasteiger partial charge in [0.25, 0.3) is 0 Å². The molecule has 5 aromatic rings. The fraction of sp³-hybridized carbons (Fsp3) is 0.0476. The van der Waals surface area contributed by atoms with E-state index in [9.17, 15) is 4.39 Å². The van der Waals surface area contributed by atoms with Crippen LogP contribution in [-0.4, -0.2) is 35.6 Å². The molecule has 0 saturated carbocycles. The molecule has 5 rings (SSSR count). The molecule has 0 unspecified atom stereocenters. The molecule has 4 aromatic heterocycles. The molecule has 0 fully saturated rings. The van der Waals surface area contributed by atoms with Crippen molar-refractivity contribution in [3.8, 4) is 11.4 Å². The zero-order valence-electron chi connectivity index (χ0n) is 15.3. The molecule has 0 spiro atoms. The van der Waals surface area contributed by atoms with Crippen molar-refractivity contribution in [3.63, 3.8) is 0 Å². The molecular formula is C21H14FN7. The van der Waals surface area contributed by atoms with Gasteiger partial charge in [-0.1, -0.05) is 6.07 Å². The topological polar surface area (TPSA) is 92.6 Å². The molecule has 0 atom stereocenters. The minimum absolute atomic E-state index is 0.335. The Hall–Kier alpha value is -4.07. The Morgan fingerprint density at radius 2 is 1.97 bits per heavy atom. The fourth-order valence-corrected chi connectivity index (χ4v) is 3.17. The number of pyridine rings is 2. The van der Waals surface area contributed by atoms with Crippen LogP contribution in [0.4, 0.5) is 10.2 Å². The number of rotatable bonds is 3. The number of hydrogen-bond donors (Lipinski definition) is 1. The minimum Gasteiger partial charge on any atom is -0.340 e. The maximum absolute atomic E-state index is 13.7. The molecule has 7 nitrogen and oxygen atoms in total. The monoisotopic (exact) mass is 383 g/mol. The van der Waals surface area contributed by atoms with Crippen LogP contribution in [0, 0.1) is 5.82 Å². The fourth-order valence-electron chi connectivity index (χ4n) is 3.17. The van der Waals surface area contributed by atoms with Crippen LogP contribution in [-0.2, 0) is 0 Å². The van der Waals surface area contributed by atoms with Gasteiger partial charge in [-0.25, -0.2) is 29.3 Å². The molecule has 4 heterocycles. The van der Waals surface area contributed by atoms with E-state index in [-0.39, 0.29) is 5.82 Å². The van der Waals surface area contributed by atoms with Gasteiger partial charge in [0.1, 0.15) is 17.7 Å². The lowest BCUT2D eigenvalue weighted by atomic mass is 10.0. The Bertz CT molecular complexity index is 1380. The summed E-state index contributed by atoms with van der Waals surface area (Å²) in [5.41, 5.74) is 4.54. The lowest BCUT2D eigenvalue weighted by Gasteiger charge is -2.10. The number of benzene rings is 1. The van der Waals surface area contributed by atoms with Crippen LogP contribution in [0.1, 0.15) is 12.5 Å². The number of H-pyrrole nitrogens is 1. The van der Waals surface area contributed by atoms with Gasteiger partial charge in [-0.05, 0) is 37.3 Å². The lowest BCUT2D eigenvalue weighted by Crippen LogP contribution is -2.02. The van der Waals surface area contributed by atoms with Crippen LogP contribution in [0.5, 0.6) is 0 Å². The van der Waals surface area contributed by atoms with Crippen molar-refractivity contribution in [1.82, 2.24) is 29.9 Å². The zero-order chi connectivity index (χ0) is 19.8. The molecule has 0 radical (unpaired) electrons. The summed E-state index contributed by atoms with van der Waals surface area (Å²) in [6.07, 6.45) is 4.68. The van der Waals surface area contributed by atoms with Crippen LogP contribution < -0.4 is 0 Å². The van der Waals surface area contributed by atoms with Crippen molar-refractivity contribution in [2.45, 2.75) is 6.92 Å². The first kappa shape index (κ1) is 17.1. The molecule has 0 saturated heterocycles. The van der Waals surface area contributed by atoms with E-state index in [4.69, 9.17) is 4.99 Å². The third-order valence-electron chi connectivity index (χ3n) is 4.55. The number of aromatic nitrogens is 6. The van der Waals surface area contributed by atoms with Gasteiger partial charge in [-0.2, -0.15) is 0 Å². The molecule has 8 heteroatoms. The third-order valence-corrected chi connectivity index (χ3v) is 4.55. The number of nitrogens with zero attached hydrogens (tertiary/aromatic N) is 6. The van der Waals surface area contributed by atoms with Gasteiger partial charge < -0.3 is 4.98 Å². The molecule has 29 heavy (non-hydrogen) atoms. The molecule has 0 aliphatic rings. The summed E-state index contributed by atoms with van der Waals surface area (Å²) in [5.74, 6) is 0.147. The first-order valence-corrected chi connectivity index (χ1v) is 8.90. The Morgan fingerprint density at radius 3 is 2.83 bits per heavy atom. The van der Waals surface area contributed by atoms with Crippen molar-refractivity contribution >= 4 is 33.6 Å². The SMILES string of the molecule is CC(=Nc1ncnc2nc[nH]c12)c1cc2ccc(F)cc2nc1-c1ccccn1. The predicted molar refractivity (Wildman–Crippen MR) is 108 cm³/mol. The van der Waals surface area contributed by atoms with Gasteiger partial charge in [-0.15, -0.1) is 0 Å². The van der Waals surface area contributed by atoms with Gasteiger partial charge in [0.2, 0.25) is 0 Å². The van der Waals surface area contributed by atoms with Crippen LogP contribution in [0.25, 0.3) is 33.5 Å². The second kappa shape index (κ2) is 6.83. The summed E-state index contributed by atoms with van der Waals surface area (Å²) < 4.78 is 13.7. The summed E-state index contributed by atoms with van der Waals surface area (Å²) in [6.45, 7) is 1.88. The Balaban J connectivity index is 1.74. The molecule has 0 aliphatic heterocycles. The van der Waals surface area contributed by atoms with Gasteiger partial charge in [0, 0.05) is 28.9 Å². The molecular weight excluding hydrogens is 369 g/mol. The molecule has 0 amide bonds. The first-order chi connectivity index (χ1) is 14.2. The number of halogens is 1. The molecule has 0 bridgehead atoms. The maximum Gasteiger partial charge on any atom is 0.182 e. The summed E-state index contributed by atoms with van der Waals surface area (Å²) in [4.78, 5) is 29.3. The normalized spacial score (nSPS) is 12.0. The zero-order valence-corrected chi connectivity index (χ0v) is 15.3. The molecule has 0 aliphatic carbocycles. The number of nitrogens with one attached hydrogen (secondary N) is 1. The van der Waals surface area contributed by atoms with Gasteiger partial charge in [0.15, 0.2) is 11.5 Å². The second-order valence-electron chi connectivity index (χ2n) is 6.43. The van der Waals surface area contributed by atoms with Crippen LogP contribution in [0.3, 0.4) is 0 Å². The largest absolute Gasteiger partial charge is 0.340 e. The number of imidazole rings is 1. The summed E-state index contributed by atoms with van der Waals surface area (Å²) in [7, 11) is 0. The van der Waals surface area contributed by atoms with Crippen molar-refractivity contribution in [2.24, 2.45) is 4.99 Å². The van der Waals surface area contributed by atoms with Crippen LogP contribution in [0.15, 0.2) is 66.3 Å². The lowest BCUT2D eigenvalue weighted by molar-refractivity contribution is 0.629. The van der Waals surface area contributed by atoms with Gasteiger partial charge >= 0.3 is 0 Å². The van der Waals surface area contributed by atoms with E-state index in [0.29, 0.717) is 39.6 Å². The average molecular weight is 383 g/mol. The van der Waals surface area contributed by atoms with Crippen molar-refractivity contribution in [1.29, 1.82) is 0 Å². The summed E-state index contributed by atoms with van der Waals surface area (Å²) in [6, 6.07) is 12.1. The summed E-state index contributed by atoms with van der Waals surface area (Å²) >= 11 is 0. The molecule has 1 N–H and O–H groups in total. The van der Waals surface area contributed by atoms with Crippen molar-refractivity contribution in [3.05, 3.63) is 72.7 Å². The maximum atomic E-state index is 13.7. The highest BCUT2D eigenvalue weighted by Crippen LogP contribution is 2.27. The van der Waals surface area contributed by atoms with Crippen molar-refractivity contribution in [2.75, 3.05) is 0 Å². The van der Waals surface area contributed by atoms with E-state index in [1.54, 1.807) is 18.6 Å². The highest BCUT2D eigenvalue weighted by atomic mass is 19.1. The number of aliphatic imine (C=N–C) groups is 1. The number of fused-ring (bicyclic) bond motifs is 2. The van der Waals surface area contributed by atoms with E-state index in [0.717, 1.165) is 10.9 Å².